The summed E-state index contributed by atoms with van der Waals surface area (Å²) in [5.74, 6) is -0.401. The maximum absolute atomic E-state index is 13.1. The van der Waals surface area contributed by atoms with Crippen molar-refractivity contribution in [2.45, 2.75) is 51.4 Å². The Kier molecular flexibility index (Phi) is 7.09. The summed E-state index contributed by atoms with van der Waals surface area (Å²) in [6.07, 6.45) is -3.04. The van der Waals surface area contributed by atoms with Gasteiger partial charge < -0.3 is 9.64 Å². The van der Waals surface area contributed by atoms with Crippen molar-refractivity contribution in [1.29, 1.82) is 0 Å². The van der Waals surface area contributed by atoms with Crippen LogP contribution in [0.15, 0.2) is 24.3 Å². The number of carbonyl (C=O) groups is 2. The van der Waals surface area contributed by atoms with Crippen molar-refractivity contribution in [3.05, 3.63) is 35.4 Å². The highest BCUT2D eigenvalue weighted by molar-refractivity contribution is 5.87. The largest absolute Gasteiger partial charge is 0.466 e. The Morgan fingerprint density at radius 3 is 2.36 bits per heavy atom. The Labute approximate surface area is 163 Å². The average Bonchev–Trinajstić information content (AvgIpc) is 2.64. The number of benzene rings is 1. The molecule has 1 atom stereocenters. The van der Waals surface area contributed by atoms with E-state index in [0.717, 1.165) is 25.1 Å². The van der Waals surface area contributed by atoms with Crippen LogP contribution in [0.2, 0.25) is 0 Å². The molecule has 1 amide bonds. The first-order valence-corrected chi connectivity index (χ1v) is 9.40. The summed E-state index contributed by atoms with van der Waals surface area (Å²) in [6.45, 7) is 5.25. The molecule has 0 aliphatic carbocycles. The molecule has 2 rings (SSSR count). The van der Waals surface area contributed by atoms with Gasteiger partial charge in [-0.15, -0.1) is 0 Å². The molecule has 8 heteroatoms. The highest BCUT2D eigenvalue weighted by Gasteiger charge is 2.46. The minimum Gasteiger partial charge on any atom is -0.466 e. The average molecular weight is 400 g/mol. The second-order valence-electron chi connectivity index (χ2n) is 7.28. The Morgan fingerprint density at radius 2 is 1.89 bits per heavy atom. The van der Waals surface area contributed by atoms with E-state index in [2.05, 4.69) is 0 Å². The van der Waals surface area contributed by atoms with Crippen molar-refractivity contribution < 1.29 is 27.5 Å². The molecule has 28 heavy (non-hydrogen) atoms. The van der Waals surface area contributed by atoms with Gasteiger partial charge in [-0.25, -0.2) is 0 Å². The van der Waals surface area contributed by atoms with Crippen LogP contribution in [0, 0.1) is 0 Å². The van der Waals surface area contributed by atoms with Crippen LogP contribution in [-0.2, 0) is 27.0 Å². The van der Waals surface area contributed by atoms with Crippen LogP contribution < -0.4 is 0 Å². The summed E-state index contributed by atoms with van der Waals surface area (Å²) in [5, 5.41) is 0. The van der Waals surface area contributed by atoms with Gasteiger partial charge in [0, 0.05) is 26.1 Å². The van der Waals surface area contributed by atoms with Crippen molar-refractivity contribution in [1.82, 2.24) is 9.80 Å². The first-order valence-electron chi connectivity index (χ1n) is 9.40. The number of amides is 1. The van der Waals surface area contributed by atoms with E-state index < -0.39 is 17.3 Å². The number of likely N-dealkylation sites (tertiary alicyclic amines) is 1. The fourth-order valence-electron chi connectivity index (χ4n) is 3.20. The third-order valence-corrected chi connectivity index (χ3v) is 5.29. The summed E-state index contributed by atoms with van der Waals surface area (Å²) < 4.78 is 43.2. The van der Waals surface area contributed by atoms with Gasteiger partial charge in [-0.2, -0.15) is 13.2 Å². The van der Waals surface area contributed by atoms with E-state index in [-0.39, 0.29) is 24.8 Å². The van der Waals surface area contributed by atoms with Gasteiger partial charge in [0.2, 0.25) is 5.91 Å². The third kappa shape index (κ3) is 5.25. The van der Waals surface area contributed by atoms with Gasteiger partial charge in [0.1, 0.15) is 0 Å². The zero-order valence-electron chi connectivity index (χ0n) is 16.5. The second kappa shape index (κ2) is 8.94. The maximum Gasteiger partial charge on any atom is 0.416 e. The van der Waals surface area contributed by atoms with Crippen LogP contribution in [-0.4, -0.2) is 54.0 Å². The molecule has 1 heterocycles. The molecule has 1 fully saturated rings. The SMILES string of the molecule is CCOC(=O)CCCN(Cc1ccc(C(F)(F)F)cc1)C(=O)C1(C)CCN1C. The normalized spacial score (nSPS) is 19.8. The first kappa shape index (κ1) is 22.2. The Morgan fingerprint density at radius 1 is 1.25 bits per heavy atom. The van der Waals surface area contributed by atoms with Crippen molar-refractivity contribution in [2.24, 2.45) is 0 Å². The number of likely N-dealkylation sites (N-methyl/N-ethyl adjacent to an activating group) is 1. The number of ether oxygens (including phenoxy) is 1. The van der Waals surface area contributed by atoms with Crippen LogP contribution in [0.5, 0.6) is 0 Å². The number of carbonyl (C=O) groups excluding carboxylic acids is 2. The molecule has 0 N–H and O–H groups in total. The highest BCUT2D eigenvalue weighted by Crippen LogP contribution is 2.32. The Hall–Kier alpha value is -2.09. The fraction of sp³-hybridized carbons (Fsp3) is 0.600. The molecule has 1 aliphatic rings. The number of halogens is 3. The lowest BCUT2D eigenvalue weighted by Gasteiger charge is -2.49. The lowest BCUT2D eigenvalue weighted by molar-refractivity contribution is -0.152. The molecule has 1 saturated heterocycles. The van der Waals surface area contributed by atoms with Gasteiger partial charge in [-0.05, 0) is 51.4 Å². The van der Waals surface area contributed by atoms with Crippen LogP contribution in [0.1, 0.15) is 44.2 Å². The molecule has 0 aromatic heterocycles. The molecule has 156 valence electrons. The molecule has 1 aromatic carbocycles. The number of alkyl halides is 3. The van der Waals surface area contributed by atoms with Gasteiger partial charge in [-0.1, -0.05) is 12.1 Å². The lowest BCUT2D eigenvalue weighted by Crippen LogP contribution is -2.64. The second-order valence-corrected chi connectivity index (χ2v) is 7.28. The van der Waals surface area contributed by atoms with Gasteiger partial charge >= 0.3 is 12.1 Å². The standard InChI is InChI=1S/C20H27F3N2O3/c1-4-28-17(26)6-5-12-25(18(27)19(2)11-13-24(19)3)14-15-7-9-16(10-8-15)20(21,22)23/h7-10H,4-6,11-14H2,1-3H3. The summed E-state index contributed by atoms with van der Waals surface area (Å²) in [6, 6.07) is 4.82. The number of nitrogens with zero attached hydrogens (tertiary/aromatic N) is 2. The topological polar surface area (TPSA) is 49.9 Å². The lowest BCUT2D eigenvalue weighted by atomic mass is 9.85. The van der Waals surface area contributed by atoms with Crippen molar-refractivity contribution >= 4 is 11.9 Å². The predicted octanol–water partition coefficient (Wildman–Crippen LogP) is 3.47. The summed E-state index contributed by atoms with van der Waals surface area (Å²) in [4.78, 5) is 28.2. The van der Waals surface area contributed by atoms with E-state index >= 15 is 0 Å². The molecule has 1 unspecified atom stereocenters. The van der Waals surface area contributed by atoms with Crippen molar-refractivity contribution in [2.75, 3.05) is 26.7 Å². The maximum atomic E-state index is 13.1. The highest BCUT2D eigenvalue weighted by atomic mass is 19.4. The number of esters is 1. The van der Waals surface area contributed by atoms with E-state index in [0.29, 0.717) is 25.1 Å². The zero-order valence-corrected chi connectivity index (χ0v) is 16.5. The fourth-order valence-corrected chi connectivity index (χ4v) is 3.20. The molecule has 5 nitrogen and oxygen atoms in total. The van der Waals surface area contributed by atoms with E-state index in [1.54, 1.807) is 11.8 Å². The molecule has 0 bridgehead atoms. The first-order chi connectivity index (χ1) is 13.1. The van der Waals surface area contributed by atoms with Gasteiger partial charge in [0.05, 0.1) is 17.7 Å². The van der Waals surface area contributed by atoms with Gasteiger partial charge in [0.15, 0.2) is 0 Å². The van der Waals surface area contributed by atoms with E-state index in [4.69, 9.17) is 4.74 Å². The smallest absolute Gasteiger partial charge is 0.416 e. The van der Waals surface area contributed by atoms with E-state index in [1.807, 2.05) is 18.9 Å². The summed E-state index contributed by atoms with van der Waals surface area (Å²) in [7, 11) is 1.87. The van der Waals surface area contributed by atoms with E-state index in [9.17, 15) is 22.8 Å². The summed E-state index contributed by atoms with van der Waals surface area (Å²) in [5.41, 5.74) is -0.722. The Bertz CT molecular complexity index is 691. The Balaban J connectivity index is 2.09. The quantitative estimate of drug-likeness (QED) is 0.627. The van der Waals surface area contributed by atoms with Crippen molar-refractivity contribution in [3.8, 4) is 0 Å². The molecule has 0 saturated carbocycles. The third-order valence-electron chi connectivity index (χ3n) is 5.29. The van der Waals surface area contributed by atoms with Gasteiger partial charge in [-0.3, -0.25) is 14.5 Å². The minimum absolute atomic E-state index is 0.0787. The molecule has 0 radical (unpaired) electrons. The predicted molar refractivity (Wildman–Crippen MR) is 98.4 cm³/mol. The monoisotopic (exact) mass is 400 g/mol. The summed E-state index contributed by atoms with van der Waals surface area (Å²) >= 11 is 0. The van der Waals surface area contributed by atoms with Crippen LogP contribution >= 0.6 is 0 Å². The van der Waals surface area contributed by atoms with Crippen LogP contribution in [0.25, 0.3) is 0 Å². The molecular weight excluding hydrogens is 373 g/mol. The molecular formula is C20H27F3N2O3. The minimum atomic E-state index is -4.39. The number of hydrogen-bond acceptors (Lipinski definition) is 4. The van der Waals surface area contributed by atoms with Crippen LogP contribution in [0.3, 0.4) is 0 Å². The zero-order chi connectivity index (χ0) is 20.9. The molecule has 1 aromatic rings. The molecule has 1 aliphatic heterocycles. The van der Waals surface area contributed by atoms with Crippen molar-refractivity contribution in [3.63, 3.8) is 0 Å². The van der Waals surface area contributed by atoms with E-state index in [1.165, 1.54) is 12.1 Å². The molecule has 0 spiro atoms. The van der Waals surface area contributed by atoms with Gasteiger partial charge in [0.25, 0.3) is 0 Å². The number of rotatable bonds is 8. The van der Waals surface area contributed by atoms with Crippen LogP contribution in [0.4, 0.5) is 13.2 Å². The number of hydrogen-bond donors (Lipinski definition) is 0.